The fourth-order valence-electron chi connectivity index (χ4n) is 7.17. The number of ether oxygens (including phenoxy) is 1. The van der Waals surface area contributed by atoms with Crippen molar-refractivity contribution >= 4 is 64.2 Å². The predicted molar refractivity (Wildman–Crippen MR) is 155 cm³/mol. The molecule has 3 fully saturated rings. The van der Waals surface area contributed by atoms with Crippen LogP contribution in [-0.4, -0.2) is 74.6 Å². The fraction of sp³-hybridized carbons (Fsp3) is 0.414. The Bertz CT molecular complexity index is 1720. The number of likely N-dealkylation sites (tertiary alicyclic amines) is 1. The van der Waals surface area contributed by atoms with Crippen LogP contribution < -0.4 is 9.75 Å². The van der Waals surface area contributed by atoms with Crippen molar-refractivity contribution in [1.82, 2.24) is 14.9 Å². The number of allylic oxidation sites excluding steroid dienone is 2. The molecule has 0 unspecified atom stereocenters. The lowest BCUT2D eigenvalue weighted by atomic mass is 9.56. The molecule has 1 aromatic heterocycles. The van der Waals surface area contributed by atoms with Crippen molar-refractivity contribution in [2.45, 2.75) is 34.7 Å². The van der Waals surface area contributed by atoms with E-state index in [1.165, 1.54) is 39.4 Å². The number of imide groups is 2. The molecule has 0 spiro atoms. The highest BCUT2D eigenvalue weighted by atomic mass is 35.5. The van der Waals surface area contributed by atoms with Gasteiger partial charge in [-0.25, -0.2) is 4.98 Å². The first-order chi connectivity index (χ1) is 21.0. The number of nitrogens with zero attached hydrogens (tertiary/aromatic N) is 4. The molecule has 6 atom stereocenters. The van der Waals surface area contributed by atoms with Crippen LogP contribution in [0.5, 0.6) is 11.5 Å². The molecule has 1 aromatic carbocycles. The first-order valence-electron chi connectivity index (χ1n) is 13.6. The van der Waals surface area contributed by atoms with Crippen LogP contribution in [0.15, 0.2) is 42.0 Å². The molecule has 10 nitrogen and oxygen atoms in total. The second-order valence-electron chi connectivity index (χ2n) is 11.4. The summed E-state index contributed by atoms with van der Waals surface area (Å²) in [7, 11) is 3.81. The third kappa shape index (κ3) is 4.19. The van der Waals surface area contributed by atoms with Crippen LogP contribution in [0.4, 0.5) is 19.0 Å². The molecule has 3 heterocycles. The number of amides is 4. The van der Waals surface area contributed by atoms with Gasteiger partial charge >= 0.3 is 6.18 Å². The minimum atomic E-state index is -4.82. The number of alkyl halides is 5. The number of fused-ring (bicyclic) bond motifs is 4. The third-order valence-corrected chi connectivity index (χ3v) is 11.0. The van der Waals surface area contributed by atoms with Crippen LogP contribution in [0.25, 0.3) is 0 Å². The summed E-state index contributed by atoms with van der Waals surface area (Å²) >= 11 is 20.4. The maximum atomic E-state index is 14.1. The first-order valence-corrected chi connectivity index (χ1v) is 14.7. The summed E-state index contributed by atoms with van der Waals surface area (Å²) in [5.74, 6) is -7.88. The van der Waals surface area contributed by atoms with Crippen molar-refractivity contribution < 1.29 is 42.2 Å². The van der Waals surface area contributed by atoms with Crippen LogP contribution in [0, 0.1) is 17.8 Å². The van der Waals surface area contributed by atoms with Crippen molar-refractivity contribution in [2.75, 3.05) is 26.2 Å². The number of benzene rings is 1. The monoisotopic (exact) mass is 686 g/mol. The number of carbonyl (C=O) groups is 4. The molecule has 45 heavy (non-hydrogen) atoms. The number of halogens is 6. The van der Waals surface area contributed by atoms with E-state index in [1.807, 2.05) is 0 Å². The molecular formula is C29H24Cl3F3N4O6. The maximum absolute atomic E-state index is 14.1. The number of phenols is 1. The van der Waals surface area contributed by atoms with Gasteiger partial charge < -0.3 is 9.84 Å². The molecule has 0 radical (unpaired) electrons. The number of carbonyl (C=O) groups excluding carboxylic acids is 4. The van der Waals surface area contributed by atoms with Gasteiger partial charge in [0, 0.05) is 31.6 Å². The minimum absolute atomic E-state index is 0.0111. The lowest BCUT2D eigenvalue weighted by Crippen LogP contribution is -2.60. The van der Waals surface area contributed by atoms with E-state index in [-0.39, 0.29) is 29.2 Å². The highest BCUT2D eigenvalue weighted by Crippen LogP contribution is 2.66. The summed E-state index contributed by atoms with van der Waals surface area (Å²) in [6, 6.07) is 5.95. The van der Waals surface area contributed by atoms with Crippen molar-refractivity contribution in [3.8, 4) is 11.5 Å². The molecule has 238 valence electrons. The zero-order valence-corrected chi connectivity index (χ0v) is 26.0. The molecule has 4 aliphatic rings. The van der Waals surface area contributed by atoms with E-state index in [9.17, 15) is 37.5 Å². The first kappa shape index (κ1) is 31.4. The van der Waals surface area contributed by atoms with Gasteiger partial charge in [0.1, 0.15) is 17.2 Å². The summed E-state index contributed by atoms with van der Waals surface area (Å²) in [5, 5.41) is 12.4. The Morgan fingerprint density at radius 1 is 1.07 bits per heavy atom. The van der Waals surface area contributed by atoms with Crippen LogP contribution in [0.1, 0.15) is 30.0 Å². The maximum Gasteiger partial charge on any atom is 0.433 e. The Balaban J connectivity index is 1.46. The zero-order chi connectivity index (χ0) is 33.0. The van der Waals surface area contributed by atoms with E-state index in [1.54, 1.807) is 6.08 Å². The van der Waals surface area contributed by atoms with Gasteiger partial charge in [0.2, 0.25) is 0 Å². The number of pyridine rings is 1. The van der Waals surface area contributed by atoms with Gasteiger partial charge in [-0.05, 0) is 37.0 Å². The lowest BCUT2D eigenvalue weighted by Gasteiger charge is -2.50. The van der Waals surface area contributed by atoms with E-state index >= 15 is 0 Å². The van der Waals surface area contributed by atoms with E-state index in [4.69, 9.17) is 39.5 Å². The number of aromatic nitrogens is 1. The van der Waals surface area contributed by atoms with Crippen molar-refractivity contribution in [2.24, 2.45) is 17.8 Å². The quantitative estimate of drug-likeness (QED) is 0.284. The van der Waals surface area contributed by atoms with E-state index in [0.717, 1.165) is 16.0 Å². The summed E-state index contributed by atoms with van der Waals surface area (Å²) in [6.45, 7) is 0. The number of phenolic OH excluding ortho intramolecular Hbond substituents is 1. The Kier molecular flexibility index (Phi) is 7.15. The van der Waals surface area contributed by atoms with Gasteiger partial charge in [-0.3, -0.25) is 29.1 Å². The Hall–Kier alpha value is -3.55. The number of hydrazine groups is 1. The minimum Gasteiger partial charge on any atom is -0.508 e. The standard InChI is InChI=1S/C29H24Cl3F3N4O6/c1-37-25(43)27(31)11-16-13(21(28(27,32)26(37)44)14-5-4-12(45-3)10-18(14)40)6-7-15-20(16)24(42)39(23(15)41)38(2)22-17(30)8-9-19(36-22)29(33,34)35/h4-6,8-10,15-16,20-21,40H,7,11H2,1-3H3/t15-,16+,20-,21+,27+,28-/m0/s1. The van der Waals surface area contributed by atoms with Gasteiger partial charge in [-0.1, -0.05) is 29.3 Å². The molecule has 1 N–H and O–H groups in total. The van der Waals surface area contributed by atoms with Crippen LogP contribution >= 0.6 is 34.8 Å². The molecule has 1 saturated carbocycles. The molecule has 2 aliphatic heterocycles. The number of hydrogen-bond donors (Lipinski definition) is 1. The highest BCUT2D eigenvalue weighted by molar-refractivity contribution is 6.53. The Labute approximate surface area is 269 Å². The van der Waals surface area contributed by atoms with Crippen molar-refractivity contribution in [3.63, 3.8) is 0 Å². The van der Waals surface area contributed by atoms with E-state index in [2.05, 4.69) is 4.98 Å². The van der Waals surface area contributed by atoms with Gasteiger partial charge in [0.15, 0.2) is 15.6 Å². The number of methoxy groups -OCH3 is 1. The van der Waals surface area contributed by atoms with Crippen LogP contribution in [0.3, 0.4) is 0 Å². The van der Waals surface area contributed by atoms with Crippen LogP contribution in [-0.2, 0) is 25.4 Å². The second-order valence-corrected chi connectivity index (χ2v) is 13.1. The normalized spacial score (nSPS) is 31.1. The zero-order valence-electron chi connectivity index (χ0n) is 23.7. The summed E-state index contributed by atoms with van der Waals surface area (Å²) in [5.41, 5.74) is -0.715. The summed E-state index contributed by atoms with van der Waals surface area (Å²) < 4.78 is 45.5. The van der Waals surface area contributed by atoms with Gasteiger partial charge in [0.05, 0.1) is 24.0 Å². The van der Waals surface area contributed by atoms with E-state index < -0.39 is 74.7 Å². The molecule has 2 aliphatic carbocycles. The molecule has 0 bridgehead atoms. The van der Waals surface area contributed by atoms with Gasteiger partial charge in [-0.15, -0.1) is 23.2 Å². The Morgan fingerprint density at radius 3 is 2.38 bits per heavy atom. The number of aromatic hydroxyl groups is 1. The van der Waals surface area contributed by atoms with Crippen molar-refractivity contribution in [3.05, 3.63) is 58.3 Å². The molecular weight excluding hydrogens is 664 g/mol. The molecule has 16 heteroatoms. The van der Waals surface area contributed by atoms with Gasteiger partial charge in [0.25, 0.3) is 23.6 Å². The molecule has 2 saturated heterocycles. The third-order valence-electron chi connectivity index (χ3n) is 9.26. The van der Waals surface area contributed by atoms with Gasteiger partial charge in [-0.2, -0.15) is 18.2 Å². The van der Waals surface area contributed by atoms with Crippen molar-refractivity contribution in [1.29, 1.82) is 0 Å². The molecule has 2 aromatic rings. The average molecular weight is 688 g/mol. The topological polar surface area (TPSA) is 120 Å². The number of rotatable bonds is 4. The van der Waals surface area contributed by atoms with E-state index in [0.29, 0.717) is 22.4 Å². The molecule has 6 rings (SSSR count). The van der Waals surface area contributed by atoms with Crippen LogP contribution in [0.2, 0.25) is 5.02 Å². The Morgan fingerprint density at radius 2 is 1.76 bits per heavy atom. The SMILES string of the molecule is COc1ccc([C@H]2C3=CC[C@@H]4C(=O)N(N(C)c5nc(C(F)(F)F)ccc5Cl)C(=O)[C@@H]4[C@@H]3C[C@@]3(Cl)C(=O)N(C)C(=O)[C@@]23Cl)c(O)c1. The summed E-state index contributed by atoms with van der Waals surface area (Å²) in [6.07, 6.45) is -3.49. The summed E-state index contributed by atoms with van der Waals surface area (Å²) in [4.78, 5) is 55.3. The molecule has 4 amide bonds. The fourth-order valence-corrected chi connectivity index (χ4v) is 8.41. The number of anilines is 1. The number of hydrogen-bond acceptors (Lipinski definition) is 8. The average Bonchev–Trinajstić information content (AvgIpc) is 3.31. The predicted octanol–water partition coefficient (Wildman–Crippen LogP) is 4.51. The lowest BCUT2D eigenvalue weighted by molar-refractivity contribution is -0.141. The highest BCUT2D eigenvalue weighted by Gasteiger charge is 2.76. The second kappa shape index (κ2) is 10.2. The smallest absolute Gasteiger partial charge is 0.433 e. The largest absolute Gasteiger partial charge is 0.508 e.